The molecule has 0 saturated heterocycles. The lowest BCUT2D eigenvalue weighted by Crippen LogP contribution is -2.17. The Balaban J connectivity index is 2.11. The molecule has 0 aliphatic carbocycles. The van der Waals surface area contributed by atoms with E-state index in [1.54, 1.807) is 0 Å². The molecule has 0 fully saturated rings. The van der Waals surface area contributed by atoms with Gasteiger partial charge in [-0.05, 0) is 32.9 Å². The van der Waals surface area contributed by atoms with Gasteiger partial charge < -0.3 is 5.43 Å². The smallest absolute Gasteiger partial charge is 0.0644 e. The van der Waals surface area contributed by atoms with E-state index in [0.717, 1.165) is 12.2 Å². The molecule has 0 spiro atoms. The summed E-state index contributed by atoms with van der Waals surface area (Å²) >= 11 is 0. The second-order valence-electron chi connectivity index (χ2n) is 4.20. The Kier molecular flexibility index (Phi) is 2.73. The summed E-state index contributed by atoms with van der Waals surface area (Å²) in [6, 6.07) is 4.22. The summed E-state index contributed by atoms with van der Waals surface area (Å²) in [5, 5.41) is 4.32. The van der Waals surface area contributed by atoms with Crippen LogP contribution < -0.4 is 5.43 Å². The van der Waals surface area contributed by atoms with Gasteiger partial charge in [-0.3, -0.25) is 9.36 Å². The SMILES string of the molecule is Cc1nn(C)cc1CNn1c(C)ccc1C. The number of hydrogen-bond acceptors (Lipinski definition) is 2. The van der Waals surface area contributed by atoms with Crippen LogP contribution in [0.3, 0.4) is 0 Å². The van der Waals surface area contributed by atoms with Crippen LogP contribution in [0, 0.1) is 20.8 Å². The lowest BCUT2D eigenvalue weighted by molar-refractivity contribution is 0.756. The molecule has 2 aromatic heterocycles. The topological polar surface area (TPSA) is 34.8 Å². The highest BCUT2D eigenvalue weighted by Gasteiger charge is 2.04. The van der Waals surface area contributed by atoms with Crippen molar-refractivity contribution in [2.45, 2.75) is 27.3 Å². The monoisotopic (exact) mass is 218 g/mol. The maximum Gasteiger partial charge on any atom is 0.0644 e. The average molecular weight is 218 g/mol. The predicted molar refractivity (Wildman–Crippen MR) is 64.9 cm³/mol. The number of rotatable bonds is 3. The van der Waals surface area contributed by atoms with E-state index in [2.05, 4.69) is 47.4 Å². The Bertz CT molecular complexity index is 474. The van der Waals surface area contributed by atoms with Crippen LogP contribution in [0.25, 0.3) is 0 Å². The van der Waals surface area contributed by atoms with Crippen molar-refractivity contribution in [2.75, 3.05) is 5.43 Å². The van der Waals surface area contributed by atoms with Crippen LogP contribution in [0.5, 0.6) is 0 Å². The highest BCUT2D eigenvalue weighted by Crippen LogP contribution is 2.08. The molecule has 2 heterocycles. The van der Waals surface area contributed by atoms with Gasteiger partial charge in [0.15, 0.2) is 0 Å². The third-order valence-corrected chi connectivity index (χ3v) is 2.81. The fourth-order valence-electron chi connectivity index (χ4n) is 1.90. The Morgan fingerprint density at radius 1 is 1.19 bits per heavy atom. The Morgan fingerprint density at radius 2 is 1.81 bits per heavy atom. The zero-order valence-electron chi connectivity index (χ0n) is 10.3. The molecule has 0 saturated carbocycles. The second-order valence-corrected chi connectivity index (χ2v) is 4.20. The summed E-state index contributed by atoms with van der Waals surface area (Å²) in [6.07, 6.45) is 2.05. The summed E-state index contributed by atoms with van der Waals surface area (Å²) in [7, 11) is 1.95. The van der Waals surface area contributed by atoms with Crippen molar-refractivity contribution in [1.29, 1.82) is 0 Å². The molecule has 1 N–H and O–H groups in total. The van der Waals surface area contributed by atoms with Crippen molar-refractivity contribution in [1.82, 2.24) is 14.5 Å². The molecule has 0 radical (unpaired) electrons. The van der Waals surface area contributed by atoms with Crippen molar-refractivity contribution in [3.05, 3.63) is 41.0 Å². The van der Waals surface area contributed by atoms with Gasteiger partial charge in [-0.2, -0.15) is 5.10 Å². The fraction of sp³-hybridized carbons (Fsp3) is 0.417. The molecule has 4 heteroatoms. The number of nitrogens with zero attached hydrogens (tertiary/aromatic N) is 3. The Morgan fingerprint density at radius 3 is 2.31 bits per heavy atom. The van der Waals surface area contributed by atoms with E-state index in [9.17, 15) is 0 Å². The van der Waals surface area contributed by atoms with Crippen LogP contribution in [-0.4, -0.2) is 14.5 Å². The van der Waals surface area contributed by atoms with E-state index in [0.29, 0.717) is 0 Å². The van der Waals surface area contributed by atoms with Crippen molar-refractivity contribution in [2.24, 2.45) is 7.05 Å². The van der Waals surface area contributed by atoms with Gasteiger partial charge >= 0.3 is 0 Å². The molecule has 86 valence electrons. The first-order chi connectivity index (χ1) is 7.58. The molecule has 4 nitrogen and oxygen atoms in total. The maximum absolute atomic E-state index is 4.32. The second kappa shape index (κ2) is 4.04. The van der Waals surface area contributed by atoms with Gasteiger partial charge in [-0.25, -0.2) is 0 Å². The van der Waals surface area contributed by atoms with Gasteiger partial charge in [-0.15, -0.1) is 0 Å². The van der Waals surface area contributed by atoms with Crippen LogP contribution in [-0.2, 0) is 13.6 Å². The first-order valence-corrected chi connectivity index (χ1v) is 5.46. The van der Waals surface area contributed by atoms with E-state index in [-0.39, 0.29) is 0 Å². The van der Waals surface area contributed by atoms with Crippen molar-refractivity contribution in [3.8, 4) is 0 Å². The van der Waals surface area contributed by atoms with Gasteiger partial charge in [0.2, 0.25) is 0 Å². The Labute approximate surface area is 95.9 Å². The van der Waals surface area contributed by atoms with Crippen LogP contribution in [0.4, 0.5) is 0 Å². The zero-order valence-corrected chi connectivity index (χ0v) is 10.3. The molecule has 2 aromatic rings. The number of hydrogen-bond donors (Lipinski definition) is 1. The molecule has 0 amide bonds. The van der Waals surface area contributed by atoms with E-state index in [1.165, 1.54) is 17.0 Å². The summed E-state index contributed by atoms with van der Waals surface area (Å²) in [5.41, 5.74) is 8.15. The standard InChI is InChI=1S/C12H18N4/c1-9-5-6-10(2)16(9)13-7-12-8-15(4)14-11(12)3/h5-6,8,13H,7H2,1-4H3. The van der Waals surface area contributed by atoms with Crippen LogP contribution >= 0.6 is 0 Å². The molecule has 0 aliphatic rings. The average Bonchev–Trinajstić information content (AvgIpc) is 2.69. The normalized spacial score (nSPS) is 10.8. The van der Waals surface area contributed by atoms with Gasteiger partial charge in [0.25, 0.3) is 0 Å². The molecule has 2 rings (SSSR count). The minimum Gasteiger partial charge on any atom is -0.321 e. The third kappa shape index (κ3) is 1.96. The van der Waals surface area contributed by atoms with Crippen LogP contribution in [0.1, 0.15) is 22.6 Å². The van der Waals surface area contributed by atoms with Crippen molar-refractivity contribution in [3.63, 3.8) is 0 Å². The van der Waals surface area contributed by atoms with Crippen LogP contribution in [0.2, 0.25) is 0 Å². The van der Waals surface area contributed by atoms with Gasteiger partial charge in [0.05, 0.1) is 12.2 Å². The summed E-state index contributed by atoms with van der Waals surface area (Å²) in [5.74, 6) is 0. The van der Waals surface area contributed by atoms with Crippen molar-refractivity contribution < 1.29 is 0 Å². The zero-order chi connectivity index (χ0) is 11.7. The van der Waals surface area contributed by atoms with Gasteiger partial charge in [0, 0.05) is 30.2 Å². The minimum atomic E-state index is 0.802. The van der Waals surface area contributed by atoms with E-state index < -0.39 is 0 Å². The van der Waals surface area contributed by atoms with E-state index >= 15 is 0 Å². The highest BCUT2D eigenvalue weighted by molar-refractivity contribution is 5.19. The van der Waals surface area contributed by atoms with E-state index in [1.807, 2.05) is 18.7 Å². The molecular formula is C12H18N4. The first kappa shape index (κ1) is 10.8. The molecule has 0 aliphatic heterocycles. The summed E-state index contributed by atoms with van der Waals surface area (Å²) < 4.78 is 3.95. The fourth-order valence-corrected chi connectivity index (χ4v) is 1.90. The molecule has 0 atom stereocenters. The van der Waals surface area contributed by atoms with E-state index in [4.69, 9.17) is 0 Å². The number of nitrogens with one attached hydrogen (secondary N) is 1. The van der Waals surface area contributed by atoms with Crippen LogP contribution in [0.15, 0.2) is 18.3 Å². The van der Waals surface area contributed by atoms with Crippen molar-refractivity contribution >= 4 is 0 Å². The third-order valence-electron chi connectivity index (χ3n) is 2.81. The maximum atomic E-state index is 4.32. The molecule has 16 heavy (non-hydrogen) atoms. The lowest BCUT2D eigenvalue weighted by Gasteiger charge is -2.11. The van der Waals surface area contributed by atoms with Gasteiger partial charge in [0.1, 0.15) is 0 Å². The molecule has 0 unspecified atom stereocenters. The lowest BCUT2D eigenvalue weighted by atomic mass is 10.3. The molecule has 0 aromatic carbocycles. The molecular weight excluding hydrogens is 200 g/mol. The predicted octanol–water partition coefficient (Wildman–Crippen LogP) is 1.89. The number of aryl methyl sites for hydroxylation is 4. The Hall–Kier alpha value is -1.71. The van der Waals surface area contributed by atoms with Gasteiger partial charge in [-0.1, -0.05) is 0 Å². The minimum absolute atomic E-state index is 0.802. The largest absolute Gasteiger partial charge is 0.321 e. The quantitative estimate of drug-likeness (QED) is 0.853. The summed E-state index contributed by atoms with van der Waals surface area (Å²) in [4.78, 5) is 0. The highest BCUT2D eigenvalue weighted by atomic mass is 15.4. The molecule has 0 bridgehead atoms. The summed E-state index contributed by atoms with van der Waals surface area (Å²) in [6.45, 7) is 7.02. The number of aromatic nitrogens is 3. The first-order valence-electron chi connectivity index (χ1n) is 5.46.